The first-order valence-electron chi connectivity index (χ1n) is 7.59. The zero-order valence-corrected chi connectivity index (χ0v) is 11.9. The Hall–Kier alpha value is -1.06. The average molecular weight is 259 g/mol. The molecule has 1 aromatic rings. The first-order chi connectivity index (χ1) is 9.33. The fraction of sp³-hybridized carbons (Fsp3) is 0.625. The predicted octanol–water partition coefficient (Wildman–Crippen LogP) is 2.19. The number of nitrogens with zero attached hydrogens (tertiary/aromatic N) is 2. The Morgan fingerprint density at radius 3 is 2.53 bits per heavy atom. The van der Waals surface area contributed by atoms with Crippen LogP contribution < -0.4 is 5.32 Å². The van der Waals surface area contributed by atoms with Gasteiger partial charge in [-0.25, -0.2) is 0 Å². The lowest BCUT2D eigenvalue weighted by atomic mass is 10.2. The normalized spacial score (nSPS) is 21.5. The molecular weight excluding hydrogens is 234 g/mol. The number of benzene rings is 1. The molecule has 2 aliphatic rings. The topological polar surface area (TPSA) is 18.5 Å². The standard InChI is InChI=1S/C16H25N3/c1-14-4-2-3-5-16(14)17-8-9-18-10-12-19(13-11-18)15-6-7-15/h2-5,15,17H,6-13H2,1H3. The molecule has 1 aliphatic heterocycles. The van der Waals surface area contributed by atoms with E-state index in [0.717, 1.165) is 19.1 Å². The fourth-order valence-corrected chi connectivity index (χ4v) is 2.91. The van der Waals surface area contributed by atoms with Crippen LogP contribution in [0.15, 0.2) is 24.3 Å². The van der Waals surface area contributed by atoms with E-state index in [1.807, 2.05) is 0 Å². The number of nitrogens with one attached hydrogen (secondary N) is 1. The van der Waals surface area contributed by atoms with Crippen molar-refractivity contribution in [3.63, 3.8) is 0 Å². The van der Waals surface area contributed by atoms with E-state index in [-0.39, 0.29) is 0 Å². The molecule has 1 saturated carbocycles. The third-order valence-electron chi connectivity index (χ3n) is 4.36. The van der Waals surface area contributed by atoms with Gasteiger partial charge in [-0.05, 0) is 31.4 Å². The number of piperazine rings is 1. The summed E-state index contributed by atoms with van der Waals surface area (Å²) < 4.78 is 0. The van der Waals surface area contributed by atoms with Crippen LogP contribution in [0, 0.1) is 6.92 Å². The van der Waals surface area contributed by atoms with E-state index in [9.17, 15) is 0 Å². The smallest absolute Gasteiger partial charge is 0.0370 e. The quantitative estimate of drug-likeness (QED) is 0.874. The van der Waals surface area contributed by atoms with Gasteiger partial charge in [-0.15, -0.1) is 0 Å². The number of hydrogen-bond donors (Lipinski definition) is 1. The SMILES string of the molecule is Cc1ccccc1NCCN1CCN(C2CC2)CC1. The summed E-state index contributed by atoms with van der Waals surface area (Å²) in [6.07, 6.45) is 2.88. The molecule has 3 nitrogen and oxygen atoms in total. The predicted molar refractivity (Wildman–Crippen MR) is 80.7 cm³/mol. The molecule has 1 N–H and O–H groups in total. The zero-order chi connectivity index (χ0) is 13.1. The van der Waals surface area contributed by atoms with Crippen molar-refractivity contribution in [1.82, 2.24) is 9.80 Å². The van der Waals surface area contributed by atoms with Crippen LogP contribution in [0.25, 0.3) is 0 Å². The van der Waals surface area contributed by atoms with Gasteiger partial charge in [-0.3, -0.25) is 9.80 Å². The van der Waals surface area contributed by atoms with Crippen LogP contribution in [-0.4, -0.2) is 55.1 Å². The molecule has 0 bridgehead atoms. The third-order valence-corrected chi connectivity index (χ3v) is 4.36. The summed E-state index contributed by atoms with van der Waals surface area (Å²) in [6.45, 7) is 9.40. The van der Waals surface area contributed by atoms with Crippen molar-refractivity contribution in [2.45, 2.75) is 25.8 Å². The van der Waals surface area contributed by atoms with Crippen molar-refractivity contribution in [3.8, 4) is 0 Å². The maximum atomic E-state index is 3.55. The second kappa shape index (κ2) is 5.93. The highest BCUT2D eigenvalue weighted by Gasteiger charge is 2.30. The molecule has 104 valence electrons. The average Bonchev–Trinajstić information content (AvgIpc) is 3.26. The van der Waals surface area contributed by atoms with Gasteiger partial charge in [-0.2, -0.15) is 0 Å². The van der Waals surface area contributed by atoms with E-state index >= 15 is 0 Å². The van der Waals surface area contributed by atoms with E-state index in [2.05, 4.69) is 46.3 Å². The minimum atomic E-state index is 0.937. The van der Waals surface area contributed by atoms with Crippen LogP contribution in [0.3, 0.4) is 0 Å². The monoisotopic (exact) mass is 259 g/mol. The zero-order valence-electron chi connectivity index (χ0n) is 11.9. The molecular formula is C16H25N3. The maximum absolute atomic E-state index is 3.55. The van der Waals surface area contributed by atoms with Crippen LogP contribution in [-0.2, 0) is 0 Å². The molecule has 1 saturated heterocycles. The summed E-state index contributed by atoms with van der Waals surface area (Å²) in [5, 5.41) is 3.55. The van der Waals surface area contributed by atoms with Gasteiger partial charge in [-0.1, -0.05) is 18.2 Å². The second-order valence-corrected chi connectivity index (χ2v) is 5.85. The number of hydrogen-bond acceptors (Lipinski definition) is 3. The van der Waals surface area contributed by atoms with Gasteiger partial charge in [0.25, 0.3) is 0 Å². The Labute approximate surface area is 116 Å². The van der Waals surface area contributed by atoms with Gasteiger partial charge < -0.3 is 5.32 Å². The summed E-state index contributed by atoms with van der Waals surface area (Å²) in [6, 6.07) is 9.46. The van der Waals surface area contributed by atoms with Gasteiger partial charge in [0.15, 0.2) is 0 Å². The maximum Gasteiger partial charge on any atom is 0.0370 e. The first-order valence-corrected chi connectivity index (χ1v) is 7.59. The van der Waals surface area contributed by atoms with Crippen LogP contribution in [0.5, 0.6) is 0 Å². The molecule has 1 heterocycles. The molecule has 0 atom stereocenters. The van der Waals surface area contributed by atoms with Crippen molar-refractivity contribution < 1.29 is 0 Å². The molecule has 3 heteroatoms. The van der Waals surface area contributed by atoms with Crippen LogP contribution in [0.1, 0.15) is 18.4 Å². The first kappa shape index (κ1) is 12.9. The van der Waals surface area contributed by atoms with Crippen LogP contribution >= 0.6 is 0 Å². The molecule has 1 aromatic carbocycles. The summed E-state index contributed by atoms with van der Waals surface area (Å²) in [7, 11) is 0. The minimum absolute atomic E-state index is 0.937. The van der Waals surface area contributed by atoms with Crippen LogP contribution in [0.2, 0.25) is 0 Å². The molecule has 3 rings (SSSR count). The van der Waals surface area contributed by atoms with Crippen molar-refractivity contribution >= 4 is 5.69 Å². The van der Waals surface area contributed by atoms with Gasteiger partial charge in [0, 0.05) is 51.0 Å². The van der Waals surface area contributed by atoms with Crippen molar-refractivity contribution in [2.75, 3.05) is 44.6 Å². The highest BCUT2D eigenvalue weighted by Crippen LogP contribution is 2.27. The molecule has 0 unspecified atom stereocenters. The van der Waals surface area contributed by atoms with Crippen molar-refractivity contribution in [3.05, 3.63) is 29.8 Å². The number of rotatable bonds is 5. The van der Waals surface area contributed by atoms with Gasteiger partial charge in [0.05, 0.1) is 0 Å². The fourth-order valence-electron chi connectivity index (χ4n) is 2.91. The molecule has 0 radical (unpaired) electrons. The van der Waals surface area contributed by atoms with E-state index in [0.29, 0.717) is 0 Å². The Balaban J connectivity index is 1.37. The largest absolute Gasteiger partial charge is 0.384 e. The van der Waals surface area contributed by atoms with E-state index in [1.165, 1.54) is 50.3 Å². The Bertz CT molecular complexity index is 406. The molecule has 19 heavy (non-hydrogen) atoms. The van der Waals surface area contributed by atoms with Crippen molar-refractivity contribution in [1.29, 1.82) is 0 Å². The van der Waals surface area contributed by atoms with Gasteiger partial charge in [0.2, 0.25) is 0 Å². The molecule has 0 spiro atoms. The van der Waals surface area contributed by atoms with E-state index < -0.39 is 0 Å². The molecule has 1 aliphatic carbocycles. The Morgan fingerprint density at radius 2 is 1.84 bits per heavy atom. The number of aryl methyl sites for hydroxylation is 1. The summed E-state index contributed by atoms with van der Waals surface area (Å²) in [4.78, 5) is 5.26. The van der Waals surface area contributed by atoms with E-state index in [4.69, 9.17) is 0 Å². The lowest BCUT2D eigenvalue weighted by Gasteiger charge is -2.34. The minimum Gasteiger partial charge on any atom is -0.384 e. The summed E-state index contributed by atoms with van der Waals surface area (Å²) in [5.41, 5.74) is 2.61. The Morgan fingerprint density at radius 1 is 1.11 bits per heavy atom. The molecule has 2 fully saturated rings. The summed E-state index contributed by atoms with van der Waals surface area (Å²) >= 11 is 0. The highest BCUT2D eigenvalue weighted by molar-refractivity contribution is 5.50. The Kier molecular flexibility index (Phi) is 4.04. The van der Waals surface area contributed by atoms with Crippen molar-refractivity contribution in [2.24, 2.45) is 0 Å². The third kappa shape index (κ3) is 3.48. The number of anilines is 1. The van der Waals surface area contributed by atoms with Gasteiger partial charge in [0.1, 0.15) is 0 Å². The van der Waals surface area contributed by atoms with E-state index in [1.54, 1.807) is 0 Å². The van der Waals surface area contributed by atoms with Gasteiger partial charge >= 0.3 is 0 Å². The number of para-hydroxylation sites is 1. The lowest BCUT2D eigenvalue weighted by Crippen LogP contribution is -2.48. The molecule has 0 aromatic heterocycles. The second-order valence-electron chi connectivity index (χ2n) is 5.85. The lowest BCUT2D eigenvalue weighted by molar-refractivity contribution is 0.130. The summed E-state index contributed by atoms with van der Waals surface area (Å²) in [5.74, 6) is 0. The van der Waals surface area contributed by atoms with Crippen LogP contribution in [0.4, 0.5) is 5.69 Å². The molecule has 0 amide bonds. The highest BCUT2D eigenvalue weighted by atomic mass is 15.3.